The summed E-state index contributed by atoms with van der Waals surface area (Å²) in [6.45, 7) is 2.06. The maximum atomic E-state index is 11.5. The molecule has 0 aliphatic rings. The fourth-order valence-electron chi connectivity index (χ4n) is 1.66. The van der Waals surface area contributed by atoms with Crippen LogP contribution in [0.3, 0.4) is 0 Å². The van der Waals surface area contributed by atoms with Gasteiger partial charge in [0.25, 0.3) is 0 Å². The van der Waals surface area contributed by atoms with Crippen molar-refractivity contribution in [2.75, 3.05) is 13.7 Å². The number of ether oxygens (including phenoxy) is 2. The summed E-state index contributed by atoms with van der Waals surface area (Å²) in [7, 11) is 1.46. The first-order valence-corrected chi connectivity index (χ1v) is 6.01. The number of carbonyl (C=O) groups is 1. The molecule has 1 aromatic carbocycles. The highest BCUT2D eigenvalue weighted by Crippen LogP contribution is 2.26. The molecular formula is C13H14ClNO3. The average molecular weight is 268 g/mol. The number of esters is 1. The summed E-state index contributed by atoms with van der Waals surface area (Å²) < 4.78 is 10.1. The molecule has 1 aromatic rings. The summed E-state index contributed by atoms with van der Waals surface area (Å²) >= 11 is 5.75. The van der Waals surface area contributed by atoms with Crippen LogP contribution in [0.4, 0.5) is 0 Å². The molecule has 96 valence electrons. The van der Waals surface area contributed by atoms with Gasteiger partial charge in [-0.3, -0.25) is 4.79 Å². The van der Waals surface area contributed by atoms with Gasteiger partial charge in [-0.25, -0.2) is 0 Å². The van der Waals surface area contributed by atoms with Gasteiger partial charge in [-0.15, -0.1) is 11.6 Å². The first-order valence-electron chi connectivity index (χ1n) is 5.47. The Morgan fingerprint density at radius 2 is 2.22 bits per heavy atom. The molecule has 0 aliphatic carbocycles. The summed E-state index contributed by atoms with van der Waals surface area (Å²) in [5, 5.41) is 9.04. The minimum atomic E-state index is -0.355. The molecule has 0 aliphatic heterocycles. The summed E-state index contributed by atoms with van der Waals surface area (Å²) in [4.78, 5) is 11.5. The van der Waals surface area contributed by atoms with Gasteiger partial charge in [-0.05, 0) is 18.6 Å². The van der Waals surface area contributed by atoms with Gasteiger partial charge < -0.3 is 9.47 Å². The number of carbonyl (C=O) groups excluding carboxylic acids is 1. The Morgan fingerprint density at radius 1 is 1.50 bits per heavy atom. The Bertz CT molecular complexity index is 480. The Balaban J connectivity index is 3.15. The molecule has 18 heavy (non-hydrogen) atoms. The molecule has 0 radical (unpaired) electrons. The van der Waals surface area contributed by atoms with E-state index in [0.717, 1.165) is 5.56 Å². The van der Waals surface area contributed by atoms with Crippen molar-refractivity contribution in [3.05, 3.63) is 28.8 Å². The molecule has 0 heterocycles. The standard InChI is InChI=1S/C13H14ClNO3/c1-3-18-12(16)6-10-4-9(7-14)5-11(8-15)13(10)17-2/h4-5H,3,6-7H2,1-2H3. The summed E-state index contributed by atoms with van der Waals surface area (Å²) in [5.74, 6) is 0.319. The van der Waals surface area contributed by atoms with E-state index in [1.807, 2.05) is 6.07 Å². The van der Waals surface area contributed by atoms with Gasteiger partial charge >= 0.3 is 5.97 Å². The SMILES string of the molecule is CCOC(=O)Cc1cc(CCl)cc(C#N)c1OC. The quantitative estimate of drug-likeness (QED) is 0.607. The molecule has 0 aromatic heterocycles. The van der Waals surface area contributed by atoms with E-state index >= 15 is 0 Å². The zero-order valence-corrected chi connectivity index (χ0v) is 11.1. The number of hydrogen-bond donors (Lipinski definition) is 0. The molecule has 0 bridgehead atoms. The van der Waals surface area contributed by atoms with Crippen LogP contribution in [-0.4, -0.2) is 19.7 Å². The highest BCUT2D eigenvalue weighted by Gasteiger charge is 2.15. The number of rotatable bonds is 5. The fourth-order valence-corrected chi connectivity index (χ4v) is 1.81. The number of halogens is 1. The van der Waals surface area contributed by atoms with Crippen molar-refractivity contribution in [2.24, 2.45) is 0 Å². The smallest absolute Gasteiger partial charge is 0.310 e. The van der Waals surface area contributed by atoms with Gasteiger partial charge in [-0.1, -0.05) is 6.07 Å². The van der Waals surface area contributed by atoms with Crippen molar-refractivity contribution in [1.82, 2.24) is 0 Å². The van der Waals surface area contributed by atoms with Crippen LogP contribution in [-0.2, 0) is 21.8 Å². The number of nitriles is 1. The Hall–Kier alpha value is -1.73. The van der Waals surface area contributed by atoms with Crippen LogP contribution in [0.25, 0.3) is 0 Å². The summed E-state index contributed by atoms with van der Waals surface area (Å²) in [6, 6.07) is 5.44. The first kappa shape index (κ1) is 14.3. The van der Waals surface area contributed by atoms with Gasteiger partial charge in [0.15, 0.2) is 0 Å². The molecule has 1 rings (SSSR count). The van der Waals surface area contributed by atoms with Gasteiger partial charge in [0.1, 0.15) is 11.8 Å². The molecule has 0 amide bonds. The minimum absolute atomic E-state index is 0.0659. The predicted octanol–water partition coefficient (Wildman–Crippen LogP) is 2.41. The third-order valence-electron chi connectivity index (χ3n) is 2.34. The average Bonchev–Trinajstić information content (AvgIpc) is 2.37. The van der Waals surface area contributed by atoms with E-state index in [-0.39, 0.29) is 18.3 Å². The van der Waals surface area contributed by atoms with Crippen LogP contribution in [0.2, 0.25) is 0 Å². The van der Waals surface area contributed by atoms with Crippen molar-refractivity contribution < 1.29 is 14.3 Å². The molecule has 0 saturated heterocycles. The second-order valence-corrected chi connectivity index (χ2v) is 3.83. The number of methoxy groups -OCH3 is 1. The first-order chi connectivity index (χ1) is 8.65. The van der Waals surface area contributed by atoms with Gasteiger partial charge in [0.2, 0.25) is 0 Å². The number of benzene rings is 1. The third kappa shape index (κ3) is 3.38. The van der Waals surface area contributed by atoms with E-state index in [0.29, 0.717) is 23.5 Å². The largest absolute Gasteiger partial charge is 0.495 e. The van der Waals surface area contributed by atoms with Gasteiger partial charge in [-0.2, -0.15) is 5.26 Å². The second-order valence-electron chi connectivity index (χ2n) is 3.56. The van der Waals surface area contributed by atoms with Crippen LogP contribution in [0.15, 0.2) is 12.1 Å². The van der Waals surface area contributed by atoms with Gasteiger partial charge in [0.05, 0.1) is 25.7 Å². The topological polar surface area (TPSA) is 59.3 Å². The van der Waals surface area contributed by atoms with Crippen LogP contribution in [0, 0.1) is 11.3 Å². The second kappa shape index (κ2) is 6.87. The molecule has 0 N–H and O–H groups in total. The Labute approximate surface area is 111 Å². The molecule has 0 unspecified atom stereocenters. The Kier molecular flexibility index (Phi) is 5.47. The molecular weight excluding hydrogens is 254 g/mol. The predicted molar refractivity (Wildman–Crippen MR) is 67.6 cm³/mol. The highest BCUT2D eigenvalue weighted by molar-refractivity contribution is 6.17. The lowest BCUT2D eigenvalue weighted by molar-refractivity contribution is -0.142. The fraction of sp³-hybridized carbons (Fsp3) is 0.385. The van der Waals surface area contributed by atoms with E-state index < -0.39 is 0 Å². The van der Waals surface area contributed by atoms with Crippen LogP contribution in [0.5, 0.6) is 5.75 Å². The molecule has 0 atom stereocenters. The van der Waals surface area contributed by atoms with Crippen molar-refractivity contribution in [3.63, 3.8) is 0 Å². The molecule has 5 heteroatoms. The van der Waals surface area contributed by atoms with Crippen molar-refractivity contribution >= 4 is 17.6 Å². The lowest BCUT2D eigenvalue weighted by Gasteiger charge is -2.11. The number of alkyl halides is 1. The third-order valence-corrected chi connectivity index (χ3v) is 2.65. The lowest BCUT2D eigenvalue weighted by atomic mass is 10.0. The summed E-state index contributed by atoms with van der Waals surface area (Å²) in [6.07, 6.45) is 0.0659. The zero-order chi connectivity index (χ0) is 13.5. The van der Waals surface area contributed by atoms with E-state index in [1.54, 1.807) is 19.1 Å². The zero-order valence-electron chi connectivity index (χ0n) is 10.3. The minimum Gasteiger partial charge on any atom is -0.495 e. The van der Waals surface area contributed by atoms with Crippen molar-refractivity contribution in [3.8, 4) is 11.8 Å². The van der Waals surface area contributed by atoms with Crippen molar-refractivity contribution in [2.45, 2.75) is 19.2 Å². The van der Waals surface area contributed by atoms with Crippen LogP contribution >= 0.6 is 11.6 Å². The van der Waals surface area contributed by atoms with E-state index in [4.69, 9.17) is 26.3 Å². The highest BCUT2D eigenvalue weighted by atomic mass is 35.5. The molecule has 0 saturated carbocycles. The van der Waals surface area contributed by atoms with Crippen LogP contribution < -0.4 is 4.74 Å². The monoisotopic (exact) mass is 267 g/mol. The van der Waals surface area contributed by atoms with Crippen LogP contribution in [0.1, 0.15) is 23.6 Å². The molecule has 0 fully saturated rings. The normalized spacial score (nSPS) is 9.67. The van der Waals surface area contributed by atoms with Gasteiger partial charge in [0, 0.05) is 11.4 Å². The Morgan fingerprint density at radius 3 is 2.72 bits per heavy atom. The van der Waals surface area contributed by atoms with E-state index in [2.05, 4.69) is 0 Å². The lowest BCUT2D eigenvalue weighted by Crippen LogP contribution is -2.09. The number of hydrogen-bond acceptors (Lipinski definition) is 4. The number of nitrogens with zero attached hydrogens (tertiary/aromatic N) is 1. The molecule has 0 spiro atoms. The summed E-state index contributed by atoms with van der Waals surface area (Å²) in [5.41, 5.74) is 1.76. The molecule has 4 nitrogen and oxygen atoms in total. The van der Waals surface area contributed by atoms with Crippen molar-refractivity contribution in [1.29, 1.82) is 5.26 Å². The maximum Gasteiger partial charge on any atom is 0.310 e. The van der Waals surface area contributed by atoms with E-state index in [9.17, 15) is 4.79 Å². The maximum absolute atomic E-state index is 11.5. The van der Waals surface area contributed by atoms with E-state index in [1.165, 1.54) is 7.11 Å².